The van der Waals surface area contributed by atoms with Crippen molar-refractivity contribution in [2.75, 3.05) is 38.6 Å². The van der Waals surface area contributed by atoms with Crippen LogP contribution in [0, 0.1) is 0 Å². The Labute approximate surface area is 112 Å². The average Bonchev–Trinajstić information content (AvgIpc) is 2.61. The molecule has 0 amide bonds. The second kappa shape index (κ2) is 5.38. The fraction of sp³-hybridized carbons (Fsp3) is 0.636. The van der Waals surface area contributed by atoms with Crippen LogP contribution < -0.4 is 4.90 Å². The number of hydrogen-bond donors (Lipinski definition) is 0. The van der Waals surface area contributed by atoms with E-state index in [0.717, 1.165) is 43.9 Å². The Bertz CT molecular complexity index is 409. The van der Waals surface area contributed by atoms with Crippen LogP contribution in [0.25, 0.3) is 0 Å². The molecule has 1 aromatic rings. The molecule has 0 aromatic carbocycles. The Kier molecular flexibility index (Phi) is 4.07. The van der Waals surface area contributed by atoms with E-state index < -0.39 is 0 Å². The maximum absolute atomic E-state index is 6.05. The van der Waals surface area contributed by atoms with Gasteiger partial charge in [-0.3, -0.25) is 0 Å². The van der Waals surface area contributed by atoms with Gasteiger partial charge in [-0.05, 0) is 45.1 Å². The van der Waals surface area contributed by atoms with E-state index in [9.17, 15) is 0 Å². The van der Waals surface area contributed by atoms with Gasteiger partial charge in [0.05, 0.1) is 0 Å². The van der Waals surface area contributed by atoms with Gasteiger partial charge in [-0.1, -0.05) is 11.6 Å². The molecule has 1 aliphatic heterocycles. The molecule has 0 saturated heterocycles. The Hall–Kier alpha value is -0.580. The second-order valence-electron chi connectivity index (χ2n) is 4.48. The first-order valence-electron chi connectivity index (χ1n) is 5.69. The van der Waals surface area contributed by atoms with Crippen molar-refractivity contribution in [3.05, 3.63) is 16.0 Å². The van der Waals surface area contributed by atoms with E-state index in [-0.39, 0.29) is 5.28 Å². The van der Waals surface area contributed by atoms with Crippen LogP contribution in [-0.4, -0.2) is 48.6 Å². The van der Waals surface area contributed by atoms with Gasteiger partial charge in [0.25, 0.3) is 0 Å². The first kappa shape index (κ1) is 12.9. The summed E-state index contributed by atoms with van der Waals surface area (Å²) in [6.45, 7) is 3.00. The van der Waals surface area contributed by atoms with Gasteiger partial charge in [-0.15, -0.1) is 0 Å². The molecule has 0 unspecified atom stereocenters. The van der Waals surface area contributed by atoms with E-state index >= 15 is 0 Å². The van der Waals surface area contributed by atoms with Gasteiger partial charge < -0.3 is 9.80 Å². The van der Waals surface area contributed by atoms with E-state index in [1.807, 2.05) is 0 Å². The van der Waals surface area contributed by atoms with Crippen molar-refractivity contribution in [1.82, 2.24) is 14.9 Å². The minimum Gasteiger partial charge on any atom is -0.356 e. The lowest BCUT2D eigenvalue weighted by molar-refractivity contribution is 0.401. The molecule has 0 radical (unpaired) electrons. The Morgan fingerprint density at radius 3 is 2.76 bits per heavy atom. The largest absolute Gasteiger partial charge is 0.356 e. The van der Waals surface area contributed by atoms with Crippen molar-refractivity contribution in [1.29, 1.82) is 0 Å². The standard InChI is InChI=1S/C11H16Cl2N4/c1-16(2)5-3-6-17-7-4-8-9(12)14-11(13)15-10(8)17/h3-7H2,1-2H3. The molecule has 17 heavy (non-hydrogen) atoms. The number of aromatic nitrogens is 2. The molecular weight excluding hydrogens is 259 g/mol. The number of halogens is 2. The van der Waals surface area contributed by atoms with Gasteiger partial charge in [-0.25, -0.2) is 9.97 Å². The summed E-state index contributed by atoms with van der Waals surface area (Å²) in [6.07, 6.45) is 2.01. The van der Waals surface area contributed by atoms with Crippen LogP contribution in [0.5, 0.6) is 0 Å². The van der Waals surface area contributed by atoms with Crippen LogP contribution in [0.4, 0.5) is 5.82 Å². The summed E-state index contributed by atoms with van der Waals surface area (Å²) in [5, 5.41) is 0.725. The van der Waals surface area contributed by atoms with Crippen molar-refractivity contribution < 1.29 is 0 Å². The van der Waals surface area contributed by atoms with Gasteiger partial charge in [0.1, 0.15) is 11.0 Å². The highest BCUT2D eigenvalue weighted by molar-refractivity contribution is 6.32. The third-order valence-corrected chi connectivity index (χ3v) is 3.35. The quantitative estimate of drug-likeness (QED) is 0.622. The summed E-state index contributed by atoms with van der Waals surface area (Å²) in [6, 6.07) is 0. The van der Waals surface area contributed by atoms with Crippen molar-refractivity contribution in [3.8, 4) is 0 Å². The zero-order chi connectivity index (χ0) is 12.4. The number of nitrogens with zero attached hydrogens (tertiary/aromatic N) is 4. The van der Waals surface area contributed by atoms with Crippen molar-refractivity contribution in [2.45, 2.75) is 12.8 Å². The maximum atomic E-state index is 6.05. The fourth-order valence-corrected chi connectivity index (χ4v) is 2.51. The van der Waals surface area contributed by atoms with Crippen molar-refractivity contribution >= 4 is 29.0 Å². The summed E-state index contributed by atoms with van der Waals surface area (Å²) >= 11 is 11.9. The molecule has 2 rings (SSSR count). The summed E-state index contributed by atoms with van der Waals surface area (Å²) in [5.74, 6) is 0.911. The molecular formula is C11H16Cl2N4. The highest BCUT2D eigenvalue weighted by Gasteiger charge is 2.24. The minimum absolute atomic E-state index is 0.230. The van der Waals surface area contributed by atoms with Crippen LogP contribution in [-0.2, 0) is 6.42 Å². The van der Waals surface area contributed by atoms with E-state index in [4.69, 9.17) is 23.2 Å². The van der Waals surface area contributed by atoms with Gasteiger partial charge >= 0.3 is 0 Å². The lowest BCUT2D eigenvalue weighted by atomic mass is 10.3. The Balaban J connectivity index is 2.06. The topological polar surface area (TPSA) is 32.3 Å². The molecule has 0 atom stereocenters. The number of hydrogen-bond acceptors (Lipinski definition) is 4. The molecule has 1 aliphatic rings. The van der Waals surface area contributed by atoms with Crippen molar-refractivity contribution in [3.63, 3.8) is 0 Å². The average molecular weight is 275 g/mol. The summed E-state index contributed by atoms with van der Waals surface area (Å²) in [5.41, 5.74) is 1.03. The Morgan fingerprint density at radius 2 is 2.06 bits per heavy atom. The molecule has 0 spiro atoms. The molecule has 94 valence electrons. The maximum Gasteiger partial charge on any atom is 0.225 e. The molecule has 0 N–H and O–H groups in total. The normalized spacial score (nSPS) is 14.5. The van der Waals surface area contributed by atoms with Crippen LogP contribution in [0.2, 0.25) is 10.4 Å². The first-order chi connectivity index (χ1) is 8.08. The molecule has 4 nitrogen and oxygen atoms in total. The highest BCUT2D eigenvalue weighted by Crippen LogP contribution is 2.31. The summed E-state index contributed by atoms with van der Waals surface area (Å²) < 4.78 is 0. The number of rotatable bonds is 4. The zero-order valence-corrected chi connectivity index (χ0v) is 11.6. The molecule has 0 aliphatic carbocycles. The second-order valence-corrected chi connectivity index (χ2v) is 5.18. The molecule has 2 heterocycles. The van der Waals surface area contributed by atoms with Gasteiger partial charge in [0, 0.05) is 18.7 Å². The van der Waals surface area contributed by atoms with Crippen LogP contribution in [0.1, 0.15) is 12.0 Å². The predicted octanol–water partition coefficient (Wildman–Crippen LogP) is 2.10. The SMILES string of the molecule is CN(C)CCCN1CCc2c(Cl)nc(Cl)nc21. The summed E-state index contributed by atoms with van der Waals surface area (Å²) in [4.78, 5) is 12.7. The molecule has 6 heteroatoms. The van der Waals surface area contributed by atoms with Gasteiger partial charge in [-0.2, -0.15) is 0 Å². The van der Waals surface area contributed by atoms with E-state index in [1.165, 1.54) is 0 Å². The Morgan fingerprint density at radius 1 is 1.29 bits per heavy atom. The molecule has 0 saturated carbocycles. The number of anilines is 1. The molecule has 1 aromatic heterocycles. The van der Waals surface area contributed by atoms with Crippen LogP contribution >= 0.6 is 23.2 Å². The third kappa shape index (κ3) is 3.00. The van der Waals surface area contributed by atoms with Crippen LogP contribution in [0.3, 0.4) is 0 Å². The molecule has 0 bridgehead atoms. The highest BCUT2D eigenvalue weighted by atomic mass is 35.5. The lowest BCUT2D eigenvalue weighted by Crippen LogP contribution is -2.26. The fourth-order valence-electron chi connectivity index (χ4n) is 2.05. The lowest BCUT2D eigenvalue weighted by Gasteiger charge is -2.19. The third-order valence-electron chi connectivity index (χ3n) is 2.87. The smallest absolute Gasteiger partial charge is 0.225 e. The first-order valence-corrected chi connectivity index (χ1v) is 6.45. The number of fused-ring (bicyclic) bond motifs is 1. The van der Waals surface area contributed by atoms with E-state index in [0.29, 0.717) is 5.15 Å². The molecule has 0 fully saturated rings. The van der Waals surface area contributed by atoms with Gasteiger partial charge in [0.15, 0.2) is 0 Å². The van der Waals surface area contributed by atoms with Gasteiger partial charge in [0.2, 0.25) is 5.28 Å². The van der Waals surface area contributed by atoms with E-state index in [1.54, 1.807) is 0 Å². The predicted molar refractivity (Wildman–Crippen MR) is 71.1 cm³/mol. The van der Waals surface area contributed by atoms with Crippen LogP contribution in [0.15, 0.2) is 0 Å². The monoisotopic (exact) mass is 274 g/mol. The summed E-state index contributed by atoms with van der Waals surface area (Å²) in [7, 11) is 4.15. The van der Waals surface area contributed by atoms with Crippen molar-refractivity contribution in [2.24, 2.45) is 0 Å². The van der Waals surface area contributed by atoms with E-state index in [2.05, 4.69) is 33.9 Å². The zero-order valence-electron chi connectivity index (χ0n) is 10.1. The minimum atomic E-state index is 0.230.